The smallest absolute Gasteiger partial charge is 0.409 e. The van der Waals surface area contributed by atoms with Crippen LogP contribution in [-0.2, 0) is 14.3 Å². The Bertz CT molecular complexity index is 255. The van der Waals surface area contributed by atoms with Crippen molar-refractivity contribution in [1.29, 1.82) is 0 Å². The number of carbonyl (C=O) groups is 2. The zero-order chi connectivity index (χ0) is 14.0. The molecule has 0 rings (SSSR count). The molecular weight excluding hydrogens is 234 g/mol. The van der Waals surface area contributed by atoms with E-state index in [-0.39, 0.29) is 24.5 Å². The van der Waals surface area contributed by atoms with Crippen molar-refractivity contribution in [1.82, 2.24) is 4.90 Å². The van der Waals surface area contributed by atoms with E-state index in [2.05, 4.69) is 0 Å². The maximum absolute atomic E-state index is 11.7. The van der Waals surface area contributed by atoms with Crippen molar-refractivity contribution in [2.45, 2.75) is 53.0 Å². The fourth-order valence-electron chi connectivity index (χ4n) is 1.57. The van der Waals surface area contributed by atoms with Gasteiger partial charge in [0, 0.05) is 12.6 Å². The average molecular weight is 259 g/mol. The molecule has 0 aliphatic heterocycles. The summed E-state index contributed by atoms with van der Waals surface area (Å²) >= 11 is 0. The number of nitrogens with zero attached hydrogens (tertiary/aromatic N) is 1. The van der Waals surface area contributed by atoms with Crippen molar-refractivity contribution in [3.63, 3.8) is 0 Å². The lowest BCUT2D eigenvalue weighted by Gasteiger charge is -2.27. The molecule has 0 aromatic carbocycles. The molecule has 5 nitrogen and oxygen atoms in total. The van der Waals surface area contributed by atoms with Crippen LogP contribution in [-0.4, -0.2) is 42.8 Å². The molecule has 0 aliphatic carbocycles. The van der Waals surface area contributed by atoms with Crippen LogP contribution in [0.2, 0.25) is 0 Å². The molecule has 0 bridgehead atoms. The van der Waals surface area contributed by atoms with Gasteiger partial charge in [-0.2, -0.15) is 0 Å². The van der Waals surface area contributed by atoms with Crippen molar-refractivity contribution in [3.05, 3.63) is 0 Å². The molecule has 0 saturated carbocycles. The van der Waals surface area contributed by atoms with Crippen LogP contribution in [0.15, 0.2) is 0 Å². The minimum atomic E-state index is -0.366. The largest absolute Gasteiger partial charge is 0.466 e. The van der Waals surface area contributed by atoms with E-state index in [9.17, 15) is 9.59 Å². The highest BCUT2D eigenvalue weighted by Gasteiger charge is 2.23. The monoisotopic (exact) mass is 259 g/mol. The summed E-state index contributed by atoms with van der Waals surface area (Å²) in [6.45, 7) is 8.88. The van der Waals surface area contributed by atoms with Crippen LogP contribution in [0.1, 0.15) is 47.0 Å². The highest BCUT2D eigenvalue weighted by molar-refractivity contribution is 5.72. The lowest BCUT2D eigenvalue weighted by atomic mass is 10.2. The summed E-state index contributed by atoms with van der Waals surface area (Å²) in [6, 6.07) is -0.201. The minimum Gasteiger partial charge on any atom is -0.466 e. The van der Waals surface area contributed by atoms with Gasteiger partial charge in [-0.3, -0.25) is 4.79 Å². The predicted molar refractivity (Wildman–Crippen MR) is 69.3 cm³/mol. The van der Waals surface area contributed by atoms with Crippen LogP contribution >= 0.6 is 0 Å². The molecule has 0 fully saturated rings. The van der Waals surface area contributed by atoms with Gasteiger partial charge in [-0.05, 0) is 26.7 Å². The first-order valence-electron chi connectivity index (χ1n) is 6.65. The Morgan fingerprint density at radius 1 is 1.11 bits per heavy atom. The Morgan fingerprint density at radius 3 is 2.28 bits per heavy atom. The van der Waals surface area contributed by atoms with Gasteiger partial charge in [0.2, 0.25) is 0 Å². The van der Waals surface area contributed by atoms with E-state index in [1.165, 1.54) is 0 Å². The molecule has 0 N–H and O–H groups in total. The number of esters is 1. The van der Waals surface area contributed by atoms with Gasteiger partial charge in [0.1, 0.15) is 0 Å². The molecule has 5 heteroatoms. The van der Waals surface area contributed by atoms with Gasteiger partial charge < -0.3 is 14.4 Å². The topological polar surface area (TPSA) is 55.8 Å². The van der Waals surface area contributed by atoms with Gasteiger partial charge in [-0.15, -0.1) is 0 Å². The number of carbonyl (C=O) groups excluding carboxylic acids is 2. The second-order valence-corrected chi connectivity index (χ2v) is 4.17. The summed E-state index contributed by atoms with van der Waals surface area (Å²) in [4.78, 5) is 24.8. The average Bonchev–Trinajstić information content (AvgIpc) is 2.33. The number of ether oxygens (including phenoxy) is 2. The molecule has 0 aromatic rings. The van der Waals surface area contributed by atoms with Gasteiger partial charge in [-0.25, -0.2) is 4.79 Å². The van der Waals surface area contributed by atoms with E-state index >= 15 is 0 Å². The Hall–Kier alpha value is -1.26. The third-order valence-electron chi connectivity index (χ3n) is 2.43. The standard InChI is InChI=1S/C13H25NO4/c1-5-8-14(13(16)17-7-3)11(4)10-12(15)18-9-6-2/h11H,5-10H2,1-4H3. The van der Waals surface area contributed by atoms with Crippen LogP contribution in [0.4, 0.5) is 4.79 Å². The molecule has 1 atom stereocenters. The SMILES string of the molecule is CCCOC(=O)CC(C)N(CCC)C(=O)OCC. The quantitative estimate of drug-likeness (QED) is 0.629. The zero-order valence-electron chi connectivity index (χ0n) is 11.9. The molecular formula is C13H25NO4. The number of amides is 1. The van der Waals surface area contributed by atoms with Crippen LogP contribution in [0.25, 0.3) is 0 Å². The van der Waals surface area contributed by atoms with Crippen molar-refractivity contribution < 1.29 is 19.1 Å². The summed E-state index contributed by atoms with van der Waals surface area (Å²) in [6.07, 6.45) is 1.47. The van der Waals surface area contributed by atoms with E-state index in [1.54, 1.807) is 11.8 Å². The van der Waals surface area contributed by atoms with E-state index in [0.717, 1.165) is 12.8 Å². The Morgan fingerprint density at radius 2 is 1.78 bits per heavy atom. The first-order chi connectivity index (χ1) is 8.56. The number of rotatable bonds is 8. The molecule has 106 valence electrons. The van der Waals surface area contributed by atoms with Crippen LogP contribution in [0.3, 0.4) is 0 Å². The predicted octanol–water partition coefficient (Wildman–Crippen LogP) is 2.59. The molecule has 0 radical (unpaired) electrons. The van der Waals surface area contributed by atoms with Crippen LogP contribution in [0, 0.1) is 0 Å². The highest BCUT2D eigenvalue weighted by Crippen LogP contribution is 2.08. The molecule has 0 spiro atoms. The van der Waals surface area contributed by atoms with Gasteiger partial charge in [0.25, 0.3) is 0 Å². The van der Waals surface area contributed by atoms with E-state index in [0.29, 0.717) is 19.8 Å². The minimum absolute atomic E-state index is 0.201. The summed E-state index contributed by atoms with van der Waals surface area (Å²) in [5, 5.41) is 0. The first-order valence-corrected chi connectivity index (χ1v) is 6.65. The summed E-state index contributed by atoms with van der Waals surface area (Å²) in [5.41, 5.74) is 0. The third kappa shape index (κ3) is 6.47. The van der Waals surface area contributed by atoms with Gasteiger partial charge in [0.15, 0.2) is 0 Å². The highest BCUT2D eigenvalue weighted by atomic mass is 16.6. The molecule has 0 aromatic heterocycles. The van der Waals surface area contributed by atoms with Gasteiger partial charge in [0.05, 0.1) is 19.6 Å². The first kappa shape index (κ1) is 16.7. The van der Waals surface area contributed by atoms with Crippen molar-refractivity contribution in [3.8, 4) is 0 Å². The Labute approximate surface area is 109 Å². The molecule has 0 saturated heterocycles. The van der Waals surface area contributed by atoms with Crippen LogP contribution < -0.4 is 0 Å². The normalized spacial score (nSPS) is 11.8. The van der Waals surface area contributed by atoms with Gasteiger partial charge >= 0.3 is 12.1 Å². The lowest BCUT2D eigenvalue weighted by Crippen LogP contribution is -2.41. The summed E-state index contributed by atoms with van der Waals surface area (Å²) in [7, 11) is 0. The Kier molecular flexibility index (Phi) is 9.06. The zero-order valence-corrected chi connectivity index (χ0v) is 11.9. The summed E-state index contributed by atoms with van der Waals surface area (Å²) < 4.78 is 9.99. The van der Waals surface area contributed by atoms with Crippen molar-refractivity contribution in [2.24, 2.45) is 0 Å². The van der Waals surface area contributed by atoms with Crippen molar-refractivity contribution in [2.75, 3.05) is 19.8 Å². The number of hydrogen-bond acceptors (Lipinski definition) is 4. The second-order valence-electron chi connectivity index (χ2n) is 4.17. The van der Waals surface area contributed by atoms with Crippen LogP contribution in [0.5, 0.6) is 0 Å². The van der Waals surface area contributed by atoms with Gasteiger partial charge in [-0.1, -0.05) is 13.8 Å². The maximum atomic E-state index is 11.7. The third-order valence-corrected chi connectivity index (χ3v) is 2.43. The fraction of sp³-hybridized carbons (Fsp3) is 0.846. The molecule has 0 heterocycles. The van der Waals surface area contributed by atoms with E-state index in [4.69, 9.17) is 9.47 Å². The Balaban J connectivity index is 4.32. The fourth-order valence-corrected chi connectivity index (χ4v) is 1.57. The molecule has 1 amide bonds. The molecule has 18 heavy (non-hydrogen) atoms. The lowest BCUT2D eigenvalue weighted by molar-refractivity contribution is -0.144. The second kappa shape index (κ2) is 9.74. The molecule has 0 aliphatic rings. The van der Waals surface area contributed by atoms with E-state index in [1.807, 2.05) is 20.8 Å². The van der Waals surface area contributed by atoms with Crippen molar-refractivity contribution >= 4 is 12.1 Å². The maximum Gasteiger partial charge on any atom is 0.409 e. The molecule has 1 unspecified atom stereocenters. The number of hydrogen-bond donors (Lipinski definition) is 0. The van der Waals surface area contributed by atoms with E-state index < -0.39 is 0 Å². The summed E-state index contributed by atoms with van der Waals surface area (Å²) in [5.74, 6) is -0.269.